The Balaban J connectivity index is 4.08. The maximum absolute atomic E-state index is 11.6. The van der Waals surface area contributed by atoms with Crippen molar-refractivity contribution in [2.75, 3.05) is 13.7 Å². The van der Waals surface area contributed by atoms with Crippen LogP contribution in [-0.2, 0) is 14.3 Å². The van der Waals surface area contributed by atoms with Gasteiger partial charge in [0.05, 0.1) is 11.5 Å². The van der Waals surface area contributed by atoms with Crippen LogP contribution in [0.15, 0.2) is 0 Å². The lowest BCUT2D eigenvalue weighted by Crippen LogP contribution is -2.33. The van der Waals surface area contributed by atoms with E-state index in [1.165, 1.54) is 0 Å². The van der Waals surface area contributed by atoms with Gasteiger partial charge >= 0.3 is 5.97 Å². The van der Waals surface area contributed by atoms with Crippen molar-refractivity contribution in [2.24, 2.45) is 11.3 Å². The van der Waals surface area contributed by atoms with E-state index in [1.54, 1.807) is 7.11 Å². The number of hydrogen-bond acceptors (Lipinski definition) is 3. The molecule has 0 aliphatic carbocycles. The molecule has 84 valence electrons. The minimum absolute atomic E-state index is 0.0399. The molecule has 0 aromatic rings. The first-order valence-electron chi connectivity index (χ1n) is 5.02. The second kappa shape index (κ2) is 5.35. The molecule has 14 heavy (non-hydrogen) atoms. The van der Waals surface area contributed by atoms with Crippen molar-refractivity contribution in [3.8, 4) is 0 Å². The average molecular weight is 202 g/mol. The summed E-state index contributed by atoms with van der Waals surface area (Å²) in [4.78, 5) is 11.6. The number of methoxy groups -OCH3 is 1. The first-order valence-corrected chi connectivity index (χ1v) is 5.02. The van der Waals surface area contributed by atoms with E-state index in [2.05, 4.69) is 0 Å². The molecule has 0 radical (unpaired) electrons. The Labute approximate surface area is 86.8 Å². The van der Waals surface area contributed by atoms with E-state index in [4.69, 9.17) is 9.47 Å². The Hall–Kier alpha value is -0.570. The lowest BCUT2D eigenvalue weighted by molar-refractivity contribution is -0.159. The SMILES string of the molecule is COC(C)COC(=O)C(C)(C)C(C)C. The van der Waals surface area contributed by atoms with Gasteiger partial charge in [0.1, 0.15) is 6.61 Å². The lowest BCUT2D eigenvalue weighted by Gasteiger charge is -2.27. The summed E-state index contributed by atoms with van der Waals surface area (Å²) in [6, 6.07) is 0. The molecule has 3 nitrogen and oxygen atoms in total. The van der Waals surface area contributed by atoms with Gasteiger partial charge in [-0.3, -0.25) is 4.79 Å². The van der Waals surface area contributed by atoms with E-state index in [0.717, 1.165) is 0 Å². The fourth-order valence-corrected chi connectivity index (χ4v) is 0.683. The number of carbonyl (C=O) groups excluding carboxylic acids is 1. The van der Waals surface area contributed by atoms with Gasteiger partial charge in [0.2, 0.25) is 0 Å². The molecule has 0 aliphatic heterocycles. The van der Waals surface area contributed by atoms with E-state index in [1.807, 2.05) is 34.6 Å². The monoisotopic (exact) mass is 202 g/mol. The summed E-state index contributed by atoms with van der Waals surface area (Å²) >= 11 is 0. The van der Waals surface area contributed by atoms with Gasteiger partial charge < -0.3 is 9.47 Å². The summed E-state index contributed by atoms with van der Waals surface area (Å²) < 4.78 is 10.2. The van der Waals surface area contributed by atoms with Gasteiger partial charge in [-0.2, -0.15) is 0 Å². The highest BCUT2D eigenvalue weighted by Gasteiger charge is 2.32. The molecule has 0 saturated heterocycles. The minimum atomic E-state index is -0.423. The van der Waals surface area contributed by atoms with Crippen molar-refractivity contribution in [3.63, 3.8) is 0 Å². The van der Waals surface area contributed by atoms with Crippen LogP contribution in [0, 0.1) is 11.3 Å². The number of esters is 1. The standard InChI is InChI=1S/C11H22O3/c1-8(2)11(4,5)10(12)14-7-9(3)13-6/h8-9H,7H2,1-6H3. The van der Waals surface area contributed by atoms with E-state index in [-0.39, 0.29) is 18.0 Å². The zero-order chi connectivity index (χ0) is 11.4. The van der Waals surface area contributed by atoms with Crippen LogP contribution in [-0.4, -0.2) is 25.8 Å². The van der Waals surface area contributed by atoms with Gasteiger partial charge in [0.25, 0.3) is 0 Å². The van der Waals surface area contributed by atoms with Gasteiger partial charge in [0, 0.05) is 7.11 Å². The highest BCUT2D eigenvalue weighted by Crippen LogP contribution is 2.27. The molecule has 0 fully saturated rings. The Morgan fingerprint density at radius 2 is 1.79 bits per heavy atom. The highest BCUT2D eigenvalue weighted by atomic mass is 16.6. The normalized spacial score (nSPS) is 14.2. The van der Waals surface area contributed by atoms with Crippen LogP contribution in [0.1, 0.15) is 34.6 Å². The number of carbonyl (C=O) groups is 1. The van der Waals surface area contributed by atoms with Crippen LogP contribution in [0.3, 0.4) is 0 Å². The molecule has 3 heteroatoms. The van der Waals surface area contributed by atoms with E-state index in [0.29, 0.717) is 6.61 Å². The van der Waals surface area contributed by atoms with Gasteiger partial charge in [0.15, 0.2) is 0 Å². The topological polar surface area (TPSA) is 35.5 Å². The molecule has 0 saturated carbocycles. The third kappa shape index (κ3) is 3.66. The van der Waals surface area contributed by atoms with Gasteiger partial charge in [-0.1, -0.05) is 13.8 Å². The van der Waals surface area contributed by atoms with E-state index in [9.17, 15) is 4.79 Å². The summed E-state index contributed by atoms with van der Waals surface area (Å²) in [7, 11) is 1.60. The fraction of sp³-hybridized carbons (Fsp3) is 0.909. The molecule has 0 bridgehead atoms. The first kappa shape index (κ1) is 13.4. The molecule has 0 aromatic heterocycles. The van der Waals surface area contributed by atoms with Crippen LogP contribution in [0.2, 0.25) is 0 Å². The summed E-state index contributed by atoms with van der Waals surface area (Å²) in [5.41, 5.74) is -0.423. The van der Waals surface area contributed by atoms with Crippen molar-refractivity contribution in [1.82, 2.24) is 0 Å². The molecular formula is C11H22O3. The van der Waals surface area contributed by atoms with E-state index < -0.39 is 5.41 Å². The molecule has 0 N–H and O–H groups in total. The molecule has 0 spiro atoms. The second-order valence-corrected chi connectivity index (χ2v) is 4.52. The largest absolute Gasteiger partial charge is 0.463 e. The molecule has 0 rings (SSSR count). The Morgan fingerprint density at radius 3 is 2.14 bits per heavy atom. The predicted octanol–water partition coefficient (Wildman–Crippen LogP) is 2.25. The predicted molar refractivity (Wildman–Crippen MR) is 56.0 cm³/mol. The zero-order valence-corrected chi connectivity index (χ0v) is 10.1. The summed E-state index contributed by atoms with van der Waals surface area (Å²) in [5, 5.41) is 0. The summed E-state index contributed by atoms with van der Waals surface area (Å²) in [6.07, 6.45) is -0.0399. The van der Waals surface area contributed by atoms with Crippen molar-refractivity contribution in [3.05, 3.63) is 0 Å². The Bertz CT molecular complexity index is 185. The maximum atomic E-state index is 11.6. The molecular weight excluding hydrogens is 180 g/mol. The van der Waals surface area contributed by atoms with Crippen LogP contribution >= 0.6 is 0 Å². The molecule has 1 atom stereocenters. The Kier molecular flexibility index (Phi) is 5.13. The van der Waals surface area contributed by atoms with Crippen molar-refractivity contribution in [2.45, 2.75) is 40.7 Å². The third-order valence-electron chi connectivity index (χ3n) is 2.82. The summed E-state index contributed by atoms with van der Waals surface area (Å²) in [5.74, 6) is 0.115. The van der Waals surface area contributed by atoms with E-state index >= 15 is 0 Å². The van der Waals surface area contributed by atoms with Crippen LogP contribution < -0.4 is 0 Å². The second-order valence-electron chi connectivity index (χ2n) is 4.52. The first-order chi connectivity index (χ1) is 6.32. The third-order valence-corrected chi connectivity index (χ3v) is 2.82. The van der Waals surface area contributed by atoms with Crippen LogP contribution in [0.5, 0.6) is 0 Å². The van der Waals surface area contributed by atoms with Gasteiger partial charge in [-0.25, -0.2) is 0 Å². The number of ether oxygens (including phenoxy) is 2. The van der Waals surface area contributed by atoms with Crippen molar-refractivity contribution < 1.29 is 14.3 Å². The fourth-order valence-electron chi connectivity index (χ4n) is 0.683. The molecule has 0 aliphatic rings. The average Bonchev–Trinajstić information content (AvgIpc) is 2.12. The highest BCUT2D eigenvalue weighted by molar-refractivity contribution is 5.76. The molecule has 0 aromatic carbocycles. The van der Waals surface area contributed by atoms with Crippen molar-refractivity contribution >= 4 is 5.97 Å². The number of hydrogen-bond donors (Lipinski definition) is 0. The molecule has 0 amide bonds. The smallest absolute Gasteiger partial charge is 0.311 e. The van der Waals surface area contributed by atoms with Crippen LogP contribution in [0.4, 0.5) is 0 Å². The quantitative estimate of drug-likeness (QED) is 0.641. The maximum Gasteiger partial charge on any atom is 0.311 e. The van der Waals surface area contributed by atoms with Gasteiger partial charge in [-0.05, 0) is 26.7 Å². The number of rotatable bonds is 5. The lowest BCUT2D eigenvalue weighted by atomic mass is 9.81. The zero-order valence-electron chi connectivity index (χ0n) is 10.1. The Morgan fingerprint density at radius 1 is 1.29 bits per heavy atom. The molecule has 1 unspecified atom stereocenters. The van der Waals surface area contributed by atoms with Crippen molar-refractivity contribution in [1.29, 1.82) is 0 Å². The van der Waals surface area contributed by atoms with Crippen LogP contribution in [0.25, 0.3) is 0 Å². The summed E-state index contributed by atoms with van der Waals surface area (Å²) in [6.45, 7) is 10.0. The van der Waals surface area contributed by atoms with Gasteiger partial charge in [-0.15, -0.1) is 0 Å². The minimum Gasteiger partial charge on any atom is -0.463 e. The molecule has 0 heterocycles.